The van der Waals surface area contributed by atoms with Crippen molar-refractivity contribution >= 4 is 15.7 Å². The van der Waals surface area contributed by atoms with E-state index >= 15 is 0 Å². The first-order valence-electron chi connectivity index (χ1n) is 11.6. The molecule has 1 saturated heterocycles. The van der Waals surface area contributed by atoms with Gasteiger partial charge in [-0.3, -0.25) is 4.79 Å². The Hall–Kier alpha value is -3.27. The zero-order valence-corrected chi connectivity index (χ0v) is 20.2. The maximum absolute atomic E-state index is 13.3. The van der Waals surface area contributed by atoms with Crippen LogP contribution in [0.5, 0.6) is 5.88 Å². The van der Waals surface area contributed by atoms with Gasteiger partial charge in [-0.2, -0.15) is 0 Å². The molecule has 3 aromatic rings. The summed E-state index contributed by atoms with van der Waals surface area (Å²) in [6.07, 6.45) is 1.41. The van der Waals surface area contributed by atoms with Crippen molar-refractivity contribution in [3.8, 4) is 17.1 Å². The molecule has 4 heterocycles. The zero-order valence-electron chi connectivity index (χ0n) is 19.4. The number of rotatable bonds is 5. The second-order valence-corrected chi connectivity index (χ2v) is 11.4. The Labute approximate surface area is 203 Å². The number of hydrogen-bond donors (Lipinski definition) is 0. The maximum Gasteiger partial charge on any atom is 0.226 e. The average molecular weight is 500 g/mol. The normalized spacial score (nSPS) is 17.7. The summed E-state index contributed by atoms with van der Waals surface area (Å²) < 4.78 is 47.9. The van der Waals surface area contributed by atoms with Crippen molar-refractivity contribution in [2.75, 3.05) is 18.1 Å². The lowest BCUT2D eigenvalue weighted by atomic mass is 9.98. The Morgan fingerprint density at radius 1 is 1.17 bits per heavy atom. The molecule has 0 radical (unpaired) electrons. The molecule has 2 aromatic heterocycles. The Morgan fingerprint density at radius 2 is 1.91 bits per heavy atom. The number of pyridine rings is 1. The molecular weight excluding hydrogens is 473 g/mol. The van der Waals surface area contributed by atoms with E-state index in [1.165, 1.54) is 12.1 Å². The summed E-state index contributed by atoms with van der Waals surface area (Å²) in [5, 5.41) is 4.10. The minimum atomic E-state index is -3.00. The highest BCUT2D eigenvalue weighted by Gasteiger charge is 2.32. The third-order valence-electron chi connectivity index (χ3n) is 6.70. The highest BCUT2D eigenvalue weighted by molar-refractivity contribution is 7.91. The van der Waals surface area contributed by atoms with Crippen molar-refractivity contribution in [1.29, 1.82) is 0 Å². The number of amides is 1. The Morgan fingerprint density at radius 3 is 2.66 bits per heavy atom. The van der Waals surface area contributed by atoms with Crippen molar-refractivity contribution in [1.82, 2.24) is 15.0 Å². The van der Waals surface area contributed by atoms with Gasteiger partial charge in [0.25, 0.3) is 0 Å². The Kier molecular flexibility index (Phi) is 6.31. The highest BCUT2D eigenvalue weighted by Crippen LogP contribution is 2.28. The fourth-order valence-electron chi connectivity index (χ4n) is 4.60. The fraction of sp³-hybridized carbons (Fsp3) is 0.400. The molecule has 0 saturated carbocycles. The average Bonchev–Trinajstić information content (AvgIpc) is 3.22. The molecule has 2 aliphatic rings. The van der Waals surface area contributed by atoms with Gasteiger partial charge in [0.15, 0.2) is 0 Å². The van der Waals surface area contributed by atoms with E-state index in [2.05, 4.69) is 10.1 Å². The Bertz CT molecular complexity index is 1340. The lowest BCUT2D eigenvalue weighted by Crippen LogP contribution is -2.42. The van der Waals surface area contributed by atoms with Gasteiger partial charge in [0.2, 0.25) is 11.8 Å². The number of carbonyl (C=O) groups excluding carboxylic acids is 1. The predicted octanol–water partition coefficient (Wildman–Crippen LogP) is 3.47. The highest BCUT2D eigenvalue weighted by atomic mass is 32.2. The van der Waals surface area contributed by atoms with Gasteiger partial charge in [0.1, 0.15) is 33.7 Å². The number of hydrogen-bond acceptors (Lipinski definition) is 7. The van der Waals surface area contributed by atoms with Gasteiger partial charge in [-0.15, -0.1) is 0 Å². The molecule has 1 fully saturated rings. The summed E-state index contributed by atoms with van der Waals surface area (Å²) in [6, 6.07) is 9.74. The molecule has 8 nitrogen and oxygen atoms in total. The van der Waals surface area contributed by atoms with Gasteiger partial charge in [0.05, 0.1) is 22.8 Å². The van der Waals surface area contributed by atoms with Crippen LogP contribution in [0.15, 0.2) is 40.9 Å². The van der Waals surface area contributed by atoms with Crippen molar-refractivity contribution in [2.24, 2.45) is 5.92 Å². The minimum Gasteiger partial charge on any atom is -0.473 e. The number of benzene rings is 1. The largest absolute Gasteiger partial charge is 0.473 e. The summed E-state index contributed by atoms with van der Waals surface area (Å²) in [5.74, 6) is 0.741. The molecule has 0 unspecified atom stereocenters. The summed E-state index contributed by atoms with van der Waals surface area (Å²) in [5.41, 5.74) is 3.96. The lowest BCUT2D eigenvalue weighted by molar-refractivity contribution is -0.136. The molecule has 1 amide bonds. The maximum atomic E-state index is 13.3. The van der Waals surface area contributed by atoms with Crippen molar-refractivity contribution in [3.63, 3.8) is 0 Å². The summed E-state index contributed by atoms with van der Waals surface area (Å²) in [7, 11) is -3.00. The van der Waals surface area contributed by atoms with Gasteiger partial charge in [0, 0.05) is 37.1 Å². The minimum absolute atomic E-state index is 0.0298. The quantitative estimate of drug-likeness (QED) is 0.530. The van der Waals surface area contributed by atoms with Crippen LogP contribution in [0.2, 0.25) is 0 Å². The predicted molar refractivity (Wildman–Crippen MR) is 126 cm³/mol. The second-order valence-electron chi connectivity index (χ2n) is 9.05. The molecule has 0 spiro atoms. The number of aromatic nitrogens is 2. The van der Waals surface area contributed by atoms with E-state index < -0.39 is 9.84 Å². The summed E-state index contributed by atoms with van der Waals surface area (Å²) in [6.45, 7) is 3.00. The van der Waals surface area contributed by atoms with E-state index in [0.717, 1.165) is 22.4 Å². The zero-order chi connectivity index (χ0) is 24.6. The summed E-state index contributed by atoms with van der Waals surface area (Å²) >= 11 is 0. The number of sulfone groups is 1. The standard InChI is InChI=1S/C25H26FN3O5S/c1-16-21(24(28-34-16)17-2-5-20(26)6-3-17)15-33-23-7-4-19-14-29(11-8-22(19)27-23)25(30)18-9-12-35(31,32)13-10-18/h2-7,18H,8-15H2,1H3. The van der Waals surface area contributed by atoms with E-state index in [1.54, 1.807) is 25.1 Å². The van der Waals surface area contributed by atoms with Gasteiger partial charge in [-0.1, -0.05) is 11.2 Å². The monoisotopic (exact) mass is 499 g/mol. The van der Waals surface area contributed by atoms with Crippen LogP contribution >= 0.6 is 0 Å². The third kappa shape index (κ3) is 5.07. The molecule has 10 heteroatoms. The molecule has 0 bridgehead atoms. The number of ether oxygens (including phenoxy) is 1. The fourth-order valence-corrected chi connectivity index (χ4v) is 6.09. The van der Waals surface area contributed by atoms with Crippen molar-refractivity contribution < 1.29 is 26.9 Å². The first kappa shape index (κ1) is 23.5. The second kappa shape index (κ2) is 9.41. The molecule has 1 aromatic carbocycles. The number of carbonyl (C=O) groups is 1. The van der Waals surface area contributed by atoms with Crippen LogP contribution in [0.3, 0.4) is 0 Å². The number of fused-ring (bicyclic) bond motifs is 1. The van der Waals surface area contributed by atoms with Crippen molar-refractivity contribution in [2.45, 2.75) is 39.3 Å². The topological polar surface area (TPSA) is 103 Å². The van der Waals surface area contributed by atoms with E-state index in [-0.39, 0.29) is 35.8 Å². The molecular formula is C25H26FN3O5S. The Balaban J connectivity index is 1.24. The molecule has 2 aliphatic heterocycles. The first-order chi connectivity index (χ1) is 16.8. The van der Waals surface area contributed by atoms with Gasteiger partial charge in [-0.25, -0.2) is 17.8 Å². The van der Waals surface area contributed by atoms with Crippen LogP contribution in [-0.2, 0) is 34.2 Å². The summed E-state index contributed by atoms with van der Waals surface area (Å²) in [4.78, 5) is 19.4. The molecule has 5 rings (SSSR count). The van der Waals surface area contributed by atoms with E-state index in [4.69, 9.17) is 9.26 Å². The molecule has 0 aliphatic carbocycles. The SMILES string of the molecule is Cc1onc(-c2ccc(F)cc2)c1COc1ccc2c(n1)CCN(C(=O)C1CCS(=O)(=O)CC1)C2. The first-order valence-corrected chi connectivity index (χ1v) is 13.4. The lowest BCUT2D eigenvalue weighted by Gasteiger charge is -2.32. The van der Waals surface area contributed by atoms with Crippen LogP contribution in [0.4, 0.5) is 4.39 Å². The molecule has 0 atom stereocenters. The smallest absolute Gasteiger partial charge is 0.226 e. The number of halogens is 1. The molecule has 0 N–H and O–H groups in total. The molecule has 35 heavy (non-hydrogen) atoms. The van der Waals surface area contributed by atoms with Gasteiger partial charge < -0.3 is 14.2 Å². The molecule has 184 valence electrons. The van der Waals surface area contributed by atoms with E-state index in [0.29, 0.717) is 49.7 Å². The van der Waals surface area contributed by atoms with Crippen LogP contribution in [0, 0.1) is 18.7 Å². The third-order valence-corrected chi connectivity index (χ3v) is 8.42. The van der Waals surface area contributed by atoms with E-state index in [9.17, 15) is 17.6 Å². The number of nitrogens with zero attached hydrogens (tertiary/aromatic N) is 3. The van der Waals surface area contributed by atoms with Gasteiger partial charge >= 0.3 is 0 Å². The van der Waals surface area contributed by atoms with E-state index in [1.807, 2.05) is 11.0 Å². The van der Waals surface area contributed by atoms with Crippen LogP contribution < -0.4 is 4.74 Å². The van der Waals surface area contributed by atoms with Crippen LogP contribution in [0.1, 0.15) is 35.4 Å². The van der Waals surface area contributed by atoms with Gasteiger partial charge in [-0.05, 0) is 49.6 Å². The van der Waals surface area contributed by atoms with Crippen LogP contribution in [-0.4, -0.2) is 47.4 Å². The number of aryl methyl sites for hydroxylation is 1. The van der Waals surface area contributed by atoms with Crippen molar-refractivity contribution in [3.05, 3.63) is 64.8 Å². The van der Waals surface area contributed by atoms with Crippen LogP contribution in [0.25, 0.3) is 11.3 Å².